The molecule has 0 radical (unpaired) electrons. The molecule has 0 fully saturated rings. The lowest BCUT2D eigenvalue weighted by Crippen LogP contribution is -1.87. The summed E-state index contributed by atoms with van der Waals surface area (Å²) in [5.41, 5.74) is 5.21. The van der Waals surface area contributed by atoms with Crippen molar-refractivity contribution in [2.24, 2.45) is 0 Å². The number of nitrogens with zero attached hydrogens (tertiary/aromatic N) is 2. The zero-order valence-corrected chi connectivity index (χ0v) is 13.8. The van der Waals surface area contributed by atoms with Crippen LogP contribution >= 0.6 is 0 Å². The highest BCUT2D eigenvalue weighted by Crippen LogP contribution is 2.26. The van der Waals surface area contributed by atoms with E-state index < -0.39 is 0 Å². The fraction of sp³-hybridized carbons (Fsp3) is 0.0476. The molecular formula is C21H17N3O. The fourth-order valence-electron chi connectivity index (χ4n) is 2.76. The van der Waals surface area contributed by atoms with Gasteiger partial charge in [0.25, 0.3) is 0 Å². The van der Waals surface area contributed by atoms with Crippen molar-refractivity contribution in [1.82, 2.24) is 15.2 Å². The van der Waals surface area contributed by atoms with Crippen molar-refractivity contribution in [3.8, 4) is 17.0 Å². The molecule has 0 aliphatic carbocycles. The molecule has 4 aromatic rings. The van der Waals surface area contributed by atoms with Crippen molar-refractivity contribution in [3.05, 3.63) is 78.1 Å². The lowest BCUT2D eigenvalue weighted by Gasteiger charge is -2.03. The zero-order valence-electron chi connectivity index (χ0n) is 13.8. The van der Waals surface area contributed by atoms with Gasteiger partial charge in [-0.1, -0.05) is 42.5 Å². The average molecular weight is 327 g/mol. The minimum Gasteiger partial charge on any atom is -0.481 e. The van der Waals surface area contributed by atoms with E-state index in [1.54, 1.807) is 7.11 Å². The Bertz CT molecular complexity index is 1020. The van der Waals surface area contributed by atoms with Crippen LogP contribution in [0.3, 0.4) is 0 Å². The maximum Gasteiger partial charge on any atom is 0.212 e. The number of aromatic nitrogens is 3. The van der Waals surface area contributed by atoms with Gasteiger partial charge in [0, 0.05) is 23.2 Å². The molecule has 1 N–H and O–H groups in total. The Labute approximate surface area is 145 Å². The Morgan fingerprint density at radius 1 is 0.920 bits per heavy atom. The number of ether oxygens (including phenoxy) is 1. The molecule has 4 rings (SSSR count). The first-order valence-electron chi connectivity index (χ1n) is 8.05. The predicted octanol–water partition coefficient (Wildman–Crippen LogP) is 4.80. The quantitative estimate of drug-likeness (QED) is 0.585. The Hall–Kier alpha value is -3.40. The van der Waals surface area contributed by atoms with E-state index in [1.807, 2.05) is 42.6 Å². The predicted molar refractivity (Wildman–Crippen MR) is 101 cm³/mol. The highest BCUT2D eigenvalue weighted by Gasteiger charge is 2.06. The van der Waals surface area contributed by atoms with E-state index in [1.165, 1.54) is 0 Å². The third-order valence-corrected chi connectivity index (χ3v) is 4.10. The molecule has 0 amide bonds. The molecule has 25 heavy (non-hydrogen) atoms. The van der Waals surface area contributed by atoms with Crippen LogP contribution in [0.1, 0.15) is 11.3 Å². The number of hydrogen-bond acceptors (Lipinski definition) is 3. The van der Waals surface area contributed by atoms with E-state index in [0.717, 1.165) is 33.3 Å². The molecule has 4 nitrogen and oxygen atoms in total. The maximum absolute atomic E-state index is 5.11. The summed E-state index contributed by atoms with van der Waals surface area (Å²) in [5, 5.41) is 8.63. The first-order valence-corrected chi connectivity index (χ1v) is 8.05. The molecular weight excluding hydrogens is 310 g/mol. The van der Waals surface area contributed by atoms with Gasteiger partial charge in [-0.2, -0.15) is 5.10 Å². The van der Waals surface area contributed by atoms with Crippen LogP contribution in [0.2, 0.25) is 0 Å². The molecule has 2 aromatic carbocycles. The topological polar surface area (TPSA) is 50.8 Å². The monoisotopic (exact) mass is 327 g/mol. The first kappa shape index (κ1) is 15.1. The standard InChI is InChI=1S/C21H17N3O/c1-25-21-12-9-17(14-22-21)16-8-10-18-19(23-24-20(18)13-16)11-7-15-5-3-2-4-6-15/h2-14H,1H3,(H,23,24). The Kier molecular flexibility index (Phi) is 4.01. The highest BCUT2D eigenvalue weighted by atomic mass is 16.5. The number of methoxy groups -OCH3 is 1. The van der Waals surface area contributed by atoms with Crippen molar-refractivity contribution in [3.63, 3.8) is 0 Å². The van der Waals surface area contributed by atoms with Gasteiger partial charge >= 0.3 is 0 Å². The van der Waals surface area contributed by atoms with Gasteiger partial charge in [0.1, 0.15) is 0 Å². The van der Waals surface area contributed by atoms with Gasteiger partial charge in [0.05, 0.1) is 18.3 Å². The summed E-state index contributed by atoms with van der Waals surface area (Å²) in [6.07, 6.45) is 5.91. The van der Waals surface area contributed by atoms with Gasteiger partial charge in [-0.15, -0.1) is 0 Å². The second kappa shape index (κ2) is 6.61. The van der Waals surface area contributed by atoms with Crippen LogP contribution in [0, 0.1) is 0 Å². The lowest BCUT2D eigenvalue weighted by molar-refractivity contribution is 0.398. The lowest BCUT2D eigenvalue weighted by atomic mass is 10.0. The van der Waals surface area contributed by atoms with E-state index in [2.05, 4.69) is 51.6 Å². The fourth-order valence-corrected chi connectivity index (χ4v) is 2.76. The van der Waals surface area contributed by atoms with Crippen molar-refractivity contribution >= 4 is 23.1 Å². The Balaban J connectivity index is 1.65. The van der Waals surface area contributed by atoms with E-state index in [9.17, 15) is 0 Å². The third-order valence-electron chi connectivity index (χ3n) is 4.10. The molecule has 0 bridgehead atoms. The molecule has 0 spiro atoms. The van der Waals surface area contributed by atoms with Crippen molar-refractivity contribution in [2.45, 2.75) is 0 Å². The molecule has 2 aromatic heterocycles. The summed E-state index contributed by atoms with van der Waals surface area (Å²) in [5.74, 6) is 0.611. The Morgan fingerprint density at radius 2 is 1.76 bits per heavy atom. The van der Waals surface area contributed by atoms with Crippen LogP contribution in [-0.4, -0.2) is 22.3 Å². The van der Waals surface area contributed by atoms with Gasteiger partial charge in [0.2, 0.25) is 5.88 Å². The molecule has 0 aliphatic rings. The number of nitrogens with one attached hydrogen (secondary N) is 1. The summed E-state index contributed by atoms with van der Waals surface area (Å²) in [4.78, 5) is 4.26. The average Bonchev–Trinajstić information content (AvgIpc) is 3.09. The van der Waals surface area contributed by atoms with Crippen LogP contribution in [0.15, 0.2) is 66.9 Å². The van der Waals surface area contributed by atoms with Crippen molar-refractivity contribution in [1.29, 1.82) is 0 Å². The van der Waals surface area contributed by atoms with Crippen LogP contribution < -0.4 is 4.74 Å². The molecule has 0 saturated heterocycles. The van der Waals surface area contributed by atoms with Gasteiger partial charge < -0.3 is 4.74 Å². The summed E-state index contributed by atoms with van der Waals surface area (Å²) in [6, 6.07) is 20.3. The minimum absolute atomic E-state index is 0.611. The van der Waals surface area contributed by atoms with Crippen LogP contribution in [0.25, 0.3) is 34.2 Å². The number of hydrogen-bond donors (Lipinski definition) is 1. The number of benzene rings is 2. The van der Waals surface area contributed by atoms with Crippen LogP contribution in [0.5, 0.6) is 5.88 Å². The molecule has 0 unspecified atom stereocenters. The third kappa shape index (κ3) is 3.15. The maximum atomic E-state index is 5.11. The molecule has 2 heterocycles. The van der Waals surface area contributed by atoms with E-state index in [0.29, 0.717) is 5.88 Å². The molecule has 0 atom stereocenters. The molecule has 0 aliphatic heterocycles. The van der Waals surface area contributed by atoms with E-state index in [-0.39, 0.29) is 0 Å². The first-order chi connectivity index (χ1) is 12.3. The molecule has 4 heteroatoms. The normalized spacial score (nSPS) is 11.2. The number of pyridine rings is 1. The van der Waals surface area contributed by atoms with Gasteiger partial charge in [-0.3, -0.25) is 5.10 Å². The number of H-pyrrole nitrogens is 1. The number of rotatable bonds is 4. The molecule has 0 saturated carbocycles. The van der Waals surface area contributed by atoms with Gasteiger partial charge in [-0.25, -0.2) is 4.98 Å². The Morgan fingerprint density at radius 3 is 2.52 bits per heavy atom. The van der Waals surface area contributed by atoms with E-state index in [4.69, 9.17) is 4.74 Å². The molecule has 122 valence electrons. The largest absolute Gasteiger partial charge is 0.481 e. The SMILES string of the molecule is COc1ccc(-c2ccc3c(C=Cc4ccccc4)n[nH]c3c2)cn1. The smallest absolute Gasteiger partial charge is 0.212 e. The highest BCUT2D eigenvalue weighted by molar-refractivity contribution is 5.92. The van der Waals surface area contributed by atoms with Gasteiger partial charge in [0.15, 0.2) is 0 Å². The minimum atomic E-state index is 0.611. The summed E-state index contributed by atoms with van der Waals surface area (Å²) >= 11 is 0. The van der Waals surface area contributed by atoms with Crippen molar-refractivity contribution < 1.29 is 4.74 Å². The number of aromatic amines is 1. The second-order valence-electron chi connectivity index (χ2n) is 5.70. The summed E-state index contributed by atoms with van der Waals surface area (Å²) in [7, 11) is 1.61. The second-order valence-corrected chi connectivity index (χ2v) is 5.70. The van der Waals surface area contributed by atoms with Gasteiger partial charge in [-0.05, 0) is 35.4 Å². The summed E-state index contributed by atoms with van der Waals surface area (Å²) < 4.78 is 5.11. The number of fused-ring (bicyclic) bond motifs is 1. The van der Waals surface area contributed by atoms with E-state index >= 15 is 0 Å². The summed E-state index contributed by atoms with van der Waals surface area (Å²) in [6.45, 7) is 0. The van der Waals surface area contributed by atoms with Crippen molar-refractivity contribution in [2.75, 3.05) is 7.11 Å². The zero-order chi connectivity index (χ0) is 17.1. The van der Waals surface area contributed by atoms with Crippen LogP contribution in [-0.2, 0) is 0 Å². The van der Waals surface area contributed by atoms with Crippen LogP contribution in [0.4, 0.5) is 0 Å².